The third kappa shape index (κ3) is 5.75. The first-order valence-electron chi connectivity index (χ1n) is 6.36. The van der Waals surface area contributed by atoms with E-state index in [4.69, 9.17) is 4.74 Å². The van der Waals surface area contributed by atoms with Crippen molar-refractivity contribution in [3.63, 3.8) is 0 Å². The number of carbonyl (C=O) groups is 1. The summed E-state index contributed by atoms with van der Waals surface area (Å²) in [5.74, 6) is -0.244. The lowest BCUT2D eigenvalue weighted by atomic mass is 10.1. The average molecular weight is 305 g/mol. The Morgan fingerprint density at radius 2 is 2.15 bits per heavy atom. The van der Waals surface area contributed by atoms with Crippen LogP contribution in [0.5, 0.6) is 5.75 Å². The maximum Gasteiger partial charge on any atom is 0.220 e. The molecule has 1 unspecified atom stereocenters. The number of benzene rings is 1. The number of ether oxygens (including phenoxy) is 1. The Morgan fingerprint density at radius 1 is 1.45 bits per heavy atom. The summed E-state index contributed by atoms with van der Waals surface area (Å²) in [6, 6.07) is 4.48. The van der Waals surface area contributed by atoms with Crippen LogP contribution in [-0.2, 0) is 4.79 Å². The van der Waals surface area contributed by atoms with Gasteiger partial charge in [0, 0.05) is 6.42 Å². The highest BCUT2D eigenvalue weighted by Gasteiger charge is 2.11. The van der Waals surface area contributed by atoms with E-state index in [9.17, 15) is 9.18 Å². The van der Waals surface area contributed by atoms with Gasteiger partial charge >= 0.3 is 0 Å². The third-order valence-corrected chi connectivity index (χ3v) is 2.88. The number of rotatable bonds is 7. The lowest BCUT2D eigenvalue weighted by Crippen LogP contribution is -2.27. The molecule has 1 atom stereocenters. The summed E-state index contributed by atoms with van der Waals surface area (Å²) in [7, 11) is 3.27. The first-order chi connectivity index (χ1) is 9.08. The van der Waals surface area contributed by atoms with Gasteiger partial charge in [-0.1, -0.05) is 6.07 Å². The zero-order valence-electron chi connectivity index (χ0n) is 12.0. The summed E-state index contributed by atoms with van der Waals surface area (Å²) in [4.78, 5) is 11.7. The highest BCUT2D eigenvalue weighted by Crippen LogP contribution is 2.21. The van der Waals surface area contributed by atoms with Gasteiger partial charge in [0.15, 0.2) is 11.6 Å². The Balaban J connectivity index is 0.00000361. The molecule has 0 radical (unpaired) electrons. The van der Waals surface area contributed by atoms with E-state index >= 15 is 0 Å². The molecule has 0 heterocycles. The lowest BCUT2D eigenvalue weighted by Gasteiger charge is -2.15. The van der Waals surface area contributed by atoms with Crippen molar-refractivity contribution in [2.24, 2.45) is 0 Å². The van der Waals surface area contributed by atoms with E-state index in [1.165, 1.54) is 13.2 Å². The second kappa shape index (κ2) is 9.55. The van der Waals surface area contributed by atoms with Crippen LogP contribution >= 0.6 is 12.4 Å². The van der Waals surface area contributed by atoms with Gasteiger partial charge in [-0.05, 0) is 44.6 Å². The molecule has 0 bridgehead atoms. The highest BCUT2D eigenvalue weighted by atomic mass is 35.5. The van der Waals surface area contributed by atoms with Crippen molar-refractivity contribution < 1.29 is 13.9 Å². The number of hydrogen-bond acceptors (Lipinski definition) is 3. The first-order valence-corrected chi connectivity index (χ1v) is 6.36. The van der Waals surface area contributed by atoms with Crippen LogP contribution in [0.4, 0.5) is 4.39 Å². The lowest BCUT2D eigenvalue weighted by molar-refractivity contribution is -0.121. The molecular weight excluding hydrogens is 283 g/mol. The molecule has 0 saturated heterocycles. The number of carbonyl (C=O) groups excluding carboxylic acids is 1. The Hall–Kier alpha value is -1.33. The van der Waals surface area contributed by atoms with E-state index < -0.39 is 5.82 Å². The molecule has 0 spiro atoms. The maximum absolute atomic E-state index is 13.6. The molecule has 4 nitrogen and oxygen atoms in total. The predicted octanol–water partition coefficient (Wildman–Crippen LogP) is 2.43. The van der Waals surface area contributed by atoms with Crippen LogP contribution in [0.3, 0.4) is 0 Å². The zero-order chi connectivity index (χ0) is 14.3. The summed E-state index contributed by atoms with van der Waals surface area (Å²) in [5, 5.41) is 5.83. The molecule has 2 N–H and O–H groups in total. The number of methoxy groups -OCH3 is 1. The average Bonchev–Trinajstić information content (AvgIpc) is 2.38. The monoisotopic (exact) mass is 304 g/mol. The van der Waals surface area contributed by atoms with Gasteiger partial charge in [-0.15, -0.1) is 12.4 Å². The Bertz CT molecular complexity index is 430. The third-order valence-electron chi connectivity index (χ3n) is 2.88. The Morgan fingerprint density at radius 3 is 2.70 bits per heavy atom. The number of nitrogens with one attached hydrogen (secondary N) is 2. The molecule has 6 heteroatoms. The zero-order valence-corrected chi connectivity index (χ0v) is 12.8. The Labute approximate surface area is 125 Å². The van der Waals surface area contributed by atoms with Crippen LogP contribution in [0, 0.1) is 5.82 Å². The van der Waals surface area contributed by atoms with Gasteiger partial charge < -0.3 is 15.4 Å². The quantitative estimate of drug-likeness (QED) is 0.761. The molecule has 0 fully saturated rings. The fraction of sp³-hybridized carbons (Fsp3) is 0.500. The minimum absolute atomic E-state index is 0. The second-order valence-electron chi connectivity index (χ2n) is 4.39. The van der Waals surface area contributed by atoms with Crippen LogP contribution in [0.2, 0.25) is 0 Å². The van der Waals surface area contributed by atoms with Crippen molar-refractivity contribution in [3.05, 3.63) is 29.6 Å². The van der Waals surface area contributed by atoms with Gasteiger partial charge in [0.05, 0.1) is 13.2 Å². The van der Waals surface area contributed by atoms with Gasteiger partial charge in [0.25, 0.3) is 0 Å². The number of halogens is 2. The van der Waals surface area contributed by atoms with Crippen molar-refractivity contribution in [2.75, 3.05) is 20.7 Å². The van der Waals surface area contributed by atoms with Crippen molar-refractivity contribution in [2.45, 2.75) is 25.8 Å². The standard InChI is InChI=1S/C14H21FN2O2.ClH/c1-10(17-14(18)5-4-8-16-2)11-6-7-13(19-3)12(15)9-11;/h6-7,9-10,16H,4-5,8H2,1-3H3,(H,17,18);1H. The molecule has 0 aliphatic heterocycles. The van der Waals surface area contributed by atoms with E-state index in [0.29, 0.717) is 6.42 Å². The molecule has 0 aromatic heterocycles. The van der Waals surface area contributed by atoms with Crippen LogP contribution in [0.1, 0.15) is 31.4 Å². The summed E-state index contributed by atoms with van der Waals surface area (Å²) in [6.45, 7) is 2.64. The molecule has 0 aliphatic carbocycles. The molecule has 0 aliphatic rings. The van der Waals surface area contributed by atoms with Gasteiger partial charge in [-0.3, -0.25) is 4.79 Å². The number of hydrogen-bond donors (Lipinski definition) is 2. The van der Waals surface area contributed by atoms with E-state index in [0.717, 1.165) is 18.5 Å². The minimum atomic E-state index is -0.420. The summed E-state index contributed by atoms with van der Waals surface area (Å²) in [6.07, 6.45) is 1.25. The second-order valence-corrected chi connectivity index (χ2v) is 4.39. The summed E-state index contributed by atoms with van der Waals surface area (Å²) < 4.78 is 18.4. The van der Waals surface area contributed by atoms with Crippen LogP contribution in [-0.4, -0.2) is 26.6 Å². The predicted molar refractivity (Wildman–Crippen MR) is 79.9 cm³/mol. The van der Waals surface area contributed by atoms with Crippen molar-refractivity contribution in [3.8, 4) is 5.75 Å². The minimum Gasteiger partial charge on any atom is -0.494 e. The van der Waals surface area contributed by atoms with Gasteiger partial charge in [-0.25, -0.2) is 4.39 Å². The topological polar surface area (TPSA) is 50.4 Å². The molecule has 1 rings (SSSR count). The molecule has 1 amide bonds. The Kier molecular flexibility index (Phi) is 8.92. The fourth-order valence-corrected chi connectivity index (χ4v) is 1.77. The van der Waals surface area contributed by atoms with E-state index in [2.05, 4.69) is 10.6 Å². The number of amides is 1. The normalized spacial score (nSPS) is 11.4. The molecule has 0 saturated carbocycles. The molecule has 1 aromatic carbocycles. The maximum atomic E-state index is 13.6. The van der Waals surface area contributed by atoms with Crippen LogP contribution in [0.25, 0.3) is 0 Å². The highest BCUT2D eigenvalue weighted by molar-refractivity contribution is 5.85. The van der Waals surface area contributed by atoms with Crippen LogP contribution < -0.4 is 15.4 Å². The largest absolute Gasteiger partial charge is 0.494 e. The van der Waals surface area contributed by atoms with Gasteiger partial charge in [0.1, 0.15) is 0 Å². The molecule has 20 heavy (non-hydrogen) atoms. The van der Waals surface area contributed by atoms with Crippen molar-refractivity contribution >= 4 is 18.3 Å². The van der Waals surface area contributed by atoms with Gasteiger partial charge in [0.2, 0.25) is 5.91 Å². The van der Waals surface area contributed by atoms with Crippen LogP contribution in [0.15, 0.2) is 18.2 Å². The van der Waals surface area contributed by atoms with E-state index in [-0.39, 0.29) is 30.1 Å². The van der Waals surface area contributed by atoms with Gasteiger partial charge in [-0.2, -0.15) is 0 Å². The SMILES string of the molecule is CNCCCC(=O)NC(C)c1ccc(OC)c(F)c1.Cl. The molecule has 114 valence electrons. The van der Waals surface area contributed by atoms with E-state index in [1.807, 2.05) is 14.0 Å². The van der Waals surface area contributed by atoms with E-state index in [1.54, 1.807) is 12.1 Å². The molecule has 1 aromatic rings. The van der Waals surface area contributed by atoms with Crippen molar-refractivity contribution in [1.82, 2.24) is 10.6 Å². The van der Waals surface area contributed by atoms with Crippen molar-refractivity contribution in [1.29, 1.82) is 0 Å². The first kappa shape index (κ1) is 18.7. The fourth-order valence-electron chi connectivity index (χ4n) is 1.77. The summed E-state index contributed by atoms with van der Waals surface area (Å²) in [5.41, 5.74) is 0.722. The smallest absolute Gasteiger partial charge is 0.220 e. The molecular formula is C14H22ClFN2O2. The summed E-state index contributed by atoms with van der Waals surface area (Å²) >= 11 is 0.